The van der Waals surface area contributed by atoms with Crippen molar-refractivity contribution >= 4 is 17.7 Å². The zero-order valence-electron chi connectivity index (χ0n) is 10.5. The van der Waals surface area contributed by atoms with Gasteiger partial charge in [0.05, 0.1) is 0 Å². The highest BCUT2D eigenvalue weighted by Gasteiger charge is 1.99. The van der Waals surface area contributed by atoms with Crippen molar-refractivity contribution in [1.29, 1.82) is 0 Å². The number of thioether (sulfide) groups is 1. The van der Waals surface area contributed by atoms with Gasteiger partial charge in [-0.2, -0.15) is 0 Å². The van der Waals surface area contributed by atoms with Crippen LogP contribution in [0, 0.1) is 0 Å². The average molecular weight is 252 g/mol. The summed E-state index contributed by atoms with van der Waals surface area (Å²) in [4.78, 5) is 12.3. The fraction of sp³-hybridized carbons (Fsp3) is 0.462. The largest absolute Gasteiger partial charge is 0.359 e. The van der Waals surface area contributed by atoms with Crippen LogP contribution in [0.3, 0.4) is 0 Å². The number of carbonyl (C=O) groups is 1. The minimum atomic E-state index is 0.120. The molecule has 0 atom stereocenters. The normalized spacial score (nSPS) is 10.2. The Labute approximate surface area is 107 Å². The smallest absolute Gasteiger partial charge is 0.219 e. The average Bonchev–Trinajstić information content (AvgIpc) is 2.35. The summed E-state index contributed by atoms with van der Waals surface area (Å²) >= 11 is 1.81. The second-order valence-corrected chi connectivity index (χ2v) is 4.97. The third-order valence-electron chi connectivity index (χ3n) is 2.38. The van der Waals surface area contributed by atoms with Gasteiger partial charge in [0, 0.05) is 24.9 Å². The van der Waals surface area contributed by atoms with Gasteiger partial charge in [-0.15, -0.1) is 11.8 Å². The number of benzene rings is 1. The van der Waals surface area contributed by atoms with E-state index in [0.717, 1.165) is 18.7 Å². The molecule has 0 spiro atoms. The van der Waals surface area contributed by atoms with Crippen molar-refractivity contribution in [2.75, 3.05) is 19.8 Å². The van der Waals surface area contributed by atoms with Gasteiger partial charge in [-0.3, -0.25) is 4.79 Å². The molecular weight excluding hydrogens is 232 g/mol. The molecule has 4 heteroatoms. The first-order chi connectivity index (χ1) is 8.26. The maximum absolute atomic E-state index is 11.0. The van der Waals surface area contributed by atoms with Gasteiger partial charge in [0.15, 0.2) is 0 Å². The van der Waals surface area contributed by atoms with Crippen LogP contribution in [0.15, 0.2) is 29.2 Å². The summed E-state index contributed by atoms with van der Waals surface area (Å²) in [6.45, 7) is 0.895. The number of hydrogen-bond acceptors (Lipinski definition) is 3. The Morgan fingerprint density at radius 3 is 2.88 bits per heavy atom. The second-order valence-electron chi connectivity index (χ2n) is 3.80. The highest BCUT2D eigenvalue weighted by molar-refractivity contribution is 7.99. The quantitative estimate of drug-likeness (QED) is 0.576. The fourth-order valence-electron chi connectivity index (χ4n) is 1.50. The van der Waals surface area contributed by atoms with Crippen LogP contribution in [0.4, 0.5) is 0 Å². The molecule has 0 unspecified atom stereocenters. The summed E-state index contributed by atoms with van der Waals surface area (Å²) in [6.07, 6.45) is 1.53. The zero-order valence-corrected chi connectivity index (χ0v) is 11.3. The summed E-state index contributed by atoms with van der Waals surface area (Å²) < 4.78 is 0. The number of hydrogen-bond donors (Lipinski definition) is 2. The molecule has 17 heavy (non-hydrogen) atoms. The van der Waals surface area contributed by atoms with E-state index in [1.165, 1.54) is 10.5 Å². The van der Waals surface area contributed by atoms with E-state index < -0.39 is 0 Å². The lowest BCUT2D eigenvalue weighted by Crippen LogP contribution is -2.17. The maximum atomic E-state index is 11.0. The van der Waals surface area contributed by atoms with Gasteiger partial charge < -0.3 is 10.6 Å². The molecule has 1 rings (SSSR count). The number of carbonyl (C=O) groups excluding carboxylic acids is 1. The fourth-order valence-corrected chi connectivity index (χ4v) is 2.43. The SMILES string of the molecule is CNCc1cccc(SCCCC(=O)NC)c1. The Morgan fingerprint density at radius 2 is 2.18 bits per heavy atom. The Morgan fingerprint density at radius 1 is 1.35 bits per heavy atom. The van der Waals surface area contributed by atoms with Crippen LogP contribution in [-0.2, 0) is 11.3 Å². The molecule has 0 saturated heterocycles. The lowest BCUT2D eigenvalue weighted by Gasteiger charge is -2.04. The first-order valence-electron chi connectivity index (χ1n) is 5.83. The molecule has 0 aliphatic heterocycles. The summed E-state index contributed by atoms with van der Waals surface area (Å²) in [5.74, 6) is 1.10. The van der Waals surface area contributed by atoms with Crippen LogP contribution in [0.1, 0.15) is 18.4 Å². The molecular formula is C13H20N2OS. The van der Waals surface area contributed by atoms with E-state index in [2.05, 4.69) is 34.9 Å². The Balaban J connectivity index is 2.31. The summed E-state index contributed by atoms with van der Waals surface area (Å²) in [5.41, 5.74) is 1.30. The predicted octanol–water partition coefficient (Wildman–Crippen LogP) is 2.02. The van der Waals surface area contributed by atoms with Crippen molar-refractivity contribution in [2.45, 2.75) is 24.3 Å². The number of amides is 1. The van der Waals surface area contributed by atoms with Crippen molar-refractivity contribution in [3.63, 3.8) is 0 Å². The molecule has 2 N–H and O–H groups in total. The van der Waals surface area contributed by atoms with Gasteiger partial charge >= 0.3 is 0 Å². The summed E-state index contributed by atoms with van der Waals surface area (Å²) in [7, 11) is 3.62. The van der Waals surface area contributed by atoms with Crippen LogP contribution in [-0.4, -0.2) is 25.8 Å². The molecule has 94 valence electrons. The third kappa shape index (κ3) is 5.75. The predicted molar refractivity (Wildman–Crippen MR) is 73.2 cm³/mol. The molecule has 0 fully saturated rings. The lowest BCUT2D eigenvalue weighted by molar-refractivity contribution is -0.120. The van der Waals surface area contributed by atoms with E-state index >= 15 is 0 Å². The highest BCUT2D eigenvalue weighted by Crippen LogP contribution is 2.20. The molecule has 0 radical (unpaired) electrons. The Bertz CT molecular complexity index is 355. The second kappa shape index (κ2) is 8.14. The molecule has 0 aromatic heterocycles. The van der Waals surface area contributed by atoms with Crippen molar-refractivity contribution < 1.29 is 4.79 Å². The first-order valence-corrected chi connectivity index (χ1v) is 6.81. The molecule has 0 saturated carbocycles. The third-order valence-corrected chi connectivity index (χ3v) is 3.46. The molecule has 0 aliphatic rings. The summed E-state index contributed by atoms with van der Waals surface area (Å²) in [6, 6.07) is 8.50. The van der Waals surface area contributed by atoms with Gasteiger partial charge in [0.25, 0.3) is 0 Å². The van der Waals surface area contributed by atoms with Crippen LogP contribution in [0.5, 0.6) is 0 Å². The van der Waals surface area contributed by atoms with Crippen molar-refractivity contribution in [2.24, 2.45) is 0 Å². The van der Waals surface area contributed by atoms with Gasteiger partial charge in [0.2, 0.25) is 5.91 Å². The van der Waals surface area contributed by atoms with Crippen LogP contribution >= 0.6 is 11.8 Å². The Kier molecular flexibility index (Phi) is 6.74. The van der Waals surface area contributed by atoms with E-state index in [9.17, 15) is 4.79 Å². The van der Waals surface area contributed by atoms with E-state index in [0.29, 0.717) is 6.42 Å². The van der Waals surface area contributed by atoms with E-state index in [4.69, 9.17) is 0 Å². The van der Waals surface area contributed by atoms with Gasteiger partial charge in [0.1, 0.15) is 0 Å². The number of nitrogens with one attached hydrogen (secondary N) is 2. The molecule has 0 aliphatic carbocycles. The topological polar surface area (TPSA) is 41.1 Å². The first kappa shape index (κ1) is 14.1. The monoisotopic (exact) mass is 252 g/mol. The molecule has 1 amide bonds. The Hall–Kier alpha value is -1.00. The molecule has 0 heterocycles. The lowest BCUT2D eigenvalue weighted by atomic mass is 10.2. The zero-order chi connectivity index (χ0) is 12.5. The van der Waals surface area contributed by atoms with Crippen LogP contribution < -0.4 is 10.6 Å². The molecule has 1 aromatic carbocycles. The van der Waals surface area contributed by atoms with E-state index in [1.807, 2.05) is 7.05 Å². The van der Waals surface area contributed by atoms with Crippen LogP contribution in [0.25, 0.3) is 0 Å². The minimum absolute atomic E-state index is 0.120. The van der Waals surface area contributed by atoms with Gasteiger partial charge in [-0.05, 0) is 36.9 Å². The minimum Gasteiger partial charge on any atom is -0.359 e. The summed E-state index contributed by atoms with van der Waals surface area (Å²) in [5, 5.41) is 5.77. The standard InChI is InChI=1S/C13H20N2OS/c1-14-10-11-5-3-6-12(9-11)17-8-4-7-13(16)15-2/h3,5-6,9,14H,4,7-8,10H2,1-2H3,(H,15,16). The highest BCUT2D eigenvalue weighted by atomic mass is 32.2. The van der Waals surface area contributed by atoms with Crippen molar-refractivity contribution in [1.82, 2.24) is 10.6 Å². The molecule has 3 nitrogen and oxygen atoms in total. The molecule has 1 aromatic rings. The van der Waals surface area contributed by atoms with E-state index in [-0.39, 0.29) is 5.91 Å². The number of rotatable bonds is 7. The van der Waals surface area contributed by atoms with Gasteiger partial charge in [-0.25, -0.2) is 0 Å². The van der Waals surface area contributed by atoms with Crippen LogP contribution in [0.2, 0.25) is 0 Å². The van der Waals surface area contributed by atoms with Gasteiger partial charge in [-0.1, -0.05) is 12.1 Å². The van der Waals surface area contributed by atoms with Crippen molar-refractivity contribution in [3.8, 4) is 0 Å². The van der Waals surface area contributed by atoms with Crippen molar-refractivity contribution in [3.05, 3.63) is 29.8 Å². The molecule has 0 bridgehead atoms. The van der Waals surface area contributed by atoms with E-state index in [1.54, 1.807) is 18.8 Å². The maximum Gasteiger partial charge on any atom is 0.219 e.